The van der Waals surface area contributed by atoms with Crippen LogP contribution in [0.4, 0.5) is 11.4 Å². The van der Waals surface area contributed by atoms with Gasteiger partial charge in [-0.15, -0.1) is 0 Å². The molecule has 15 nitrogen and oxygen atoms in total. The fraction of sp³-hybridized carbons (Fsp3) is 0.514. The summed E-state index contributed by atoms with van der Waals surface area (Å²) in [4.78, 5) is 30.1. The van der Waals surface area contributed by atoms with Gasteiger partial charge < -0.3 is 49.1 Å². The molecule has 4 heterocycles. The van der Waals surface area contributed by atoms with Crippen LogP contribution in [0, 0.1) is 0 Å². The zero-order valence-electron chi connectivity index (χ0n) is 30.7. The van der Waals surface area contributed by atoms with Crippen LogP contribution in [0.1, 0.15) is 52.8 Å². The monoisotopic (exact) mass is 788 g/mol. The number of amides is 2. The first-order valence-electron chi connectivity index (χ1n) is 18.0. The highest BCUT2D eigenvalue weighted by molar-refractivity contribution is 7.86. The number of ether oxygens (including phenoxy) is 4. The van der Waals surface area contributed by atoms with Crippen molar-refractivity contribution in [1.29, 1.82) is 0 Å². The largest absolute Gasteiger partial charge is 0.493 e. The van der Waals surface area contributed by atoms with Gasteiger partial charge in [-0.25, -0.2) is 0 Å². The summed E-state index contributed by atoms with van der Waals surface area (Å²) in [5, 5.41) is 14.3. The Bertz CT molecular complexity index is 1970. The molecule has 0 saturated carbocycles. The number of aliphatic hydroxyl groups excluding tert-OH is 1. The fourth-order valence-electron chi connectivity index (χ4n) is 7.73. The smallest absolute Gasteiger partial charge is 0.288 e. The molecule has 4 aliphatic heterocycles. The lowest BCUT2D eigenvalue weighted by molar-refractivity contribution is 0.0740. The summed E-state index contributed by atoms with van der Waals surface area (Å²) in [6, 6.07) is 5.62. The molecule has 54 heavy (non-hydrogen) atoms. The summed E-state index contributed by atoms with van der Waals surface area (Å²) >= 11 is 0. The predicted octanol–water partition coefficient (Wildman–Crippen LogP) is 4.29. The summed E-state index contributed by atoms with van der Waals surface area (Å²) in [5.74, 6) is 0.888. The van der Waals surface area contributed by atoms with Crippen LogP contribution in [0.3, 0.4) is 0 Å². The van der Waals surface area contributed by atoms with Crippen LogP contribution in [0.2, 0.25) is 0 Å². The number of nitrogens with zero attached hydrogens (tertiary/aromatic N) is 2. The molecule has 6 rings (SSSR count). The number of rotatable bonds is 16. The van der Waals surface area contributed by atoms with Crippen molar-refractivity contribution in [3.8, 4) is 23.0 Å². The summed E-state index contributed by atoms with van der Waals surface area (Å²) in [6.45, 7) is 9.57. The van der Waals surface area contributed by atoms with Crippen molar-refractivity contribution in [3.63, 3.8) is 0 Å². The highest BCUT2D eigenvalue weighted by Crippen LogP contribution is 2.48. The number of hydrogen-bond donors (Lipinski definition) is 4. The molecule has 0 spiro atoms. The number of carbonyl (C=O) groups is 2. The van der Waals surface area contributed by atoms with E-state index in [9.17, 15) is 32.2 Å². The second-order valence-corrected chi connectivity index (χ2v) is 19.3. The van der Waals surface area contributed by atoms with E-state index < -0.39 is 34.6 Å². The molecule has 2 aromatic carbocycles. The Hall–Kier alpha value is -4.24. The Morgan fingerprint density at radius 1 is 0.815 bits per heavy atom. The highest BCUT2D eigenvalue weighted by Gasteiger charge is 2.46. The molecule has 0 bridgehead atoms. The summed E-state index contributed by atoms with van der Waals surface area (Å²) in [5.41, 5.74) is 3.23. The molecular weight excluding hydrogens is 739 g/mol. The fourth-order valence-corrected chi connectivity index (χ4v) is 11.4. The van der Waals surface area contributed by atoms with Crippen LogP contribution < -0.4 is 29.6 Å². The Morgan fingerprint density at radius 3 is 1.94 bits per heavy atom. The first-order chi connectivity index (χ1) is 25.7. The molecule has 17 heteroatoms. The summed E-state index contributed by atoms with van der Waals surface area (Å²) in [6.07, 6.45) is 3.34. The molecular formula is C37H49N4O11PS. The van der Waals surface area contributed by atoms with Crippen molar-refractivity contribution in [1.82, 2.24) is 9.80 Å². The van der Waals surface area contributed by atoms with Crippen molar-refractivity contribution in [3.05, 3.63) is 59.7 Å². The maximum Gasteiger partial charge on any atom is 0.288 e. The third kappa shape index (κ3) is 8.36. The van der Waals surface area contributed by atoms with Gasteiger partial charge in [0.2, 0.25) is 0 Å². The van der Waals surface area contributed by atoms with Gasteiger partial charge >= 0.3 is 0 Å². The standard InChI is InChI=1S/C37H49N4O11PS/c1-23-14-25-20-38-28-18-33(31(49-3)16-26(28)36(43)40(25)21-23)51-9-6-12-53(45,11-5-8-42)13-7-10-52-34-19-29-27(17-32(34)50-4)37(44)41-22-24(2)15-30(41)35(39-29)54(46,47)48/h16-19,25,30,35,38-39,42H,1-2,5-15,20-22H2,3-4H3,(H,46,47,48)/t25-,30-,35?,53?/m0/s1. The van der Waals surface area contributed by atoms with Gasteiger partial charge in [-0.2, -0.15) is 8.42 Å². The van der Waals surface area contributed by atoms with Crippen LogP contribution in [0.15, 0.2) is 48.6 Å². The molecule has 294 valence electrons. The van der Waals surface area contributed by atoms with Crippen LogP contribution in [-0.4, -0.2) is 129 Å². The van der Waals surface area contributed by atoms with Crippen LogP contribution >= 0.6 is 7.14 Å². The molecule has 2 fully saturated rings. The average molecular weight is 789 g/mol. The van der Waals surface area contributed by atoms with Gasteiger partial charge in [0.05, 0.1) is 69.2 Å². The number of benzene rings is 2. The minimum atomic E-state index is -4.61. The zero-order chi connectivity index (χ0) is 38.8. The maximum atomic E-state index is 14.1. The second kappa shape index (κ2) is 16.2. The Balaban J connectivity index is 1.07. The normalized spacial score (nSPS) is 21.8. The molecule has 4 atom stereocenters. The van der Waals surface area contributed by atoms with Gasteiger partial charge in [0.1, 0.15) is 0 Å². The van der Waals surface area contributed by atoms with Crippen molar-refractivity contribution < 1.29 is 51.2 Å². The quantitative estimate of drug-likeness (QED) is 0.0816. The van der Waals surface area contributed by atoms with Crippen LogP contribution in [0.25, 0.3) is 0 Å². The van der Waals surface area contributed by atoms with Crippen molar-refractivity contribution in [2.45, 2.75) is 49.6 Å². The molecule has 4 aliphatic rings. The number of fused-ring (bicyclic) bond motifs is 4. The Labute approximate surface area is 315 Å². The third-order valence-electron chi connectivity index (χ3n) is 10.4. The lowest BCUT2D eigenvalue weighted by Crippen LogP contribution is -2.47. The molecule has 0 aromatic heterocycles. The van der Waals surface area contributed by atoms with E-state index in [0.717, 1.165) is 12.0 Å². The highest BCUT2D eigenvalue weighted by atomic mass is 32.2. The lowest BCUT2D eigenvalue weighted by Gasteiger charge is -2.26. The lowest BCUT2D eigenvalue weighted by atomic mass is 10.1. The van der Waals surface area contributed by atoms with E-state index in [4.69, 9.17) is 18.9 Å². The van der Waals surface area contributed by atoms with Crippen molar-refractivity contribution in [2.75, 3.05) is 82.8 Å². The third-order valence-corrected chi connectivity index (χ3v) is 14.9. The van der Waals surface area contributed by atoms with E-state index in [-0.39, 0.29) is 67.5 Å². The minimum absolute atomic E-state index is 0.0407. The SMILES string of the molecule is C=C1C[C@H]2CNc3cc(OCCCP(=O)(CCCO)CCCOc4cc5c(cc4OC)C(=O)N4CC(=C)C[C@H]4C(S(=O)(=O)O)N5)c(OC)cc3C(=O)N2C1. The van der Waals surface area contributed by atoms with Crippen molar-refractivity contribution in [2.24, 2.45) is 0 Å². The van der Waals surface area contributed by atoms with E-state index in [1.165, 1.54) is 31.3 Å². The van der Waals surface area contributed by atoms with E-state index in [1.54, 1.807) is 12.1 Å². The number of hydrogen-bond acceptors (Lipinski definition) is 12. The van der Waals surface area contributed by atoms with E-state index in [2.05, 4.69) is 23.8 Å². The maximum absolute atomic E-state index is 14.1. The number of carbonyl (C=O) groups excluding carboxylic acids is 2. The molecule has 2 unspecified atom stereocenters. The Morgan fingerprint density at radius 2 is 1.35 bits per heavy atom. The predicted molar refractivity (Wildman–Crippen MR) is 205 cm³/mol. The second-order valence-electron chi connectivity index (χ2n) is 14.3. The van der Waals surface area contributed by atoms with Gasteiger partial charge in [0, 0.05) is 56.9 Å². The number of anilines is 2. The van der Waals surface area contributed by atoms with Crippen molar-refractivity contribution >= 4 is 40.4 Å². The molecule has 2 aromatic rings. The molecule has 2 amide bonds. The minimum Gasteiger partial charge on any atom is -0.493 e. The van der Waals surface area contributed by atoms with Gasteiger partial charge in [0.15, 0.2) is 28.4 Å². The number of methoxy groups -OCH3 is 2. The van der Waals surface area contributed by atoms with E-state index in [1.807, 2.05) is 4.90 Å². The number of aliphatic hydroxyl groups is 1. The topological polar surface area (TPSA) is 193 Å². The zero-order valence-corrected chi connectivity index (χ0v) is 32.4. The van der Waals surface area contributed by atoms with Crippen LogP contribution in [-0.2, 0) is 14.7 Å². The molecule has 4 N–H and O–H groups in total. The van der Waals surface area contributed by atoms with Gasteiger partial charge in [-0.3, -0.25) is 14.1 Å². The van der Waals surface area contributed by atoms with E-state index >= 15 is 0 Å². The Kier molecular flexibility index (Phi) is 11.9. The van der Waals surface area contributed by atoms with E-state index in [0.29, 0.717) is 79.2 Å². The van der Waals surface area contributed by atoms with Crippen LogP contribution in [0.5, 0.6) is 23.0 Å². The first-order valence-corrected chi connectivity index (χ1v) is 21.8. The summed E-state index contributed by atoms with van der Waals surface area (Å²) < 4.78 is 72.2. The van der Waals surface area contributed by atoms with Gasteiger partial charge in [-0.1, -0.05) is 24.3 Å². The first kappa shape index (κ1) is 39.5. The summed E-state index contributed by atoms with van der Waals surface area (Å²) in [7, 11) is -4.42. The molecule has 2 saturated heterocycles. The molecule has 0 radical (unpaired) electrons. The molecule has 0 aliphatic carbocycles. The average Bonchev–Trinajstić information content (AvgIpc) is 3.66. The number of nitrogens with one attached hydrogen (secondary N) is 2. The van der Waals surface area contributed by atoms with Gasteiger partial charge in [0.25, 0.3) is 21.9 Å². The van der Waals surface area contributed by atoms with Gasteiger partial charge in [-0.05, 0) is 44.2 Å².